The molecule has 0 unspecified atom stereocenters. The number of carbonyl (C=O) groups is 2. The van der Waals surface area contributed by atoms with Gasteiger partial charge in [-0.3, -0.25) is 4.79 Å². The van der Waals surface area contributed by atoms with Crippen LogP contribution in [0.1, 0.15) is 12.8 Å². The zero-order valence-electron chi connectivity index (χ0n) is 6.07. The Hall–Kier alpha value is -1.10. The molecule has 0 spiro atoms. The van der Waals surface area contributed by atoms with Crippen molar-refractivity contribution in [2.45, 2.75) is 18.9 Å². The SMILES string of the molecule is COC(=O)C[C@H](O)CC(=O)[O-]. The number of aliphatic carboxylic acids is 1. The second-order valence-electron chi connectivity index (χ2n) is 2.01. The molecule has 0 amide bonds. The smallest absolute Gasteiger partial charge is 0.308 e. The summed E-state index contributed by atoms with van der Waals surface area (Å²) < 4.78 is 4.19. The highest BCUT2D eigenvalue weighted by atomic mass is 16.5. The molecule has 0 radical (unpaired) electrons. The lowest BCUT2D eigenvalue weighted by Gasteiger charge is -2.08. The number of esters is 1. The monoisotopic (exact) mass is 161 g/mol. The Morgan fingerprint density at radius 2 is 2.09 bits per heavy atom. The van der Waals surface area contributed by atoms with E-state index in [2.05, 4.69) is 4.74 Å². The number of ether oxygens (including phenoxy) is 1. The van der Waals surface area contributed by atoms with Gasteiger partial charge >= 0.3 is 5.97 Å². The van der Waals surface area contributed by atoms with Crippen molar-refractivity contribution in [1.82, 2.24) is 0 Å². The maximum Gasteiger partial charge on any atom is 0.308 e. The van der Waals surface area contributed by atoms with Gasteiger partial charge in [0.2, 0.25) is 0 Å². The Morgan fingerprint density at radius 3 is 2.45 bits per heavy atom. The maximum absolute atomic E-state index is 10.4. The average Bonchev–Trinajstić information content (AvgIpc) is 1.85. The number of carboxylic acids is 1. The van der Waals surface area contributed by atoms with Gasteiger partial charge in [0, 0.05) is 12.4 Å². The van der Waals surface area contributed by atoms with Crippen LogP contribution in [0.5, 0.6) is 0 Å². The molecule has 0 rings (SSSR count). The predicted molar refractivity (Wildman–Crippen MR) is 32.3 cm³/mol. The van der Waals surface area contributed by atoms with E-state index in [-0.39, 0.29) is 6.42 Å². The van der Waals surface area contributed by atoms with Gasteiger partial charge < -0.3 is 19.7 Å². The van der Waals surface area contributed by atoms with E-state index in [9.17, 15) is 14.7 Å². The van der Waals surface area contributed by atoms with Crippen LogP contribution in [0.2, 0.25) is 0 Å². The molecule has 0 bridgehead atoms. The number of aliphatic hydroxyl groups excluding tert-OH is 1. The topological polar surface area (TPSA) is 86.7 Å². The van der Waals surface area contributed by atoms with Crippen molar-refractivity contribution < 1.29 is 24.5 Å². The van der Waals surface area contributed by atoms with Crippen LogP contribution < -0.4 is 5.11 Å². The number of carboxylic acid groups (broad SMARTS) is 1. The summed E-state index contributed by atoms with van der Waals surface area (Å²) in [7, 11) is 1.16. The molecule has 0 saturated heterocycles. The molecular formula is C6H9O5-. The summed E-state index contributed by atoms with van der Waals surface area (Å²) in [5, 5.41) is 18.7. The van der Waals surface area contributed by atoms with Crippen molar-refractivity contribution in [3.05, 3.63) is 0 Å². The van der Waals surface area contributed by atoms with Crippen molar-refractivity contribution >= 4 is 11.9 Å². The van der Waals surface area contributed by atoms with Gasteiger partial charge in [-0.1, -0.05) is 0 Å². The van der Waals surface area contributed by atoms with Gasteiger partial charge in [-0.2, -0.15) is 0 Å². The third-order valence-electron chi connectivity index (χ3n) is 1.03. The van der Waals surface area contributed by atoms with Crippen LogP contribution in [-0.2, 0) is 14.3 Å². The number of hydrogen-bond donors (Lipinski definition) is 1. The number of methoxy groups -OCH3 is 1. The molecule has 0 saturated carbocycles. The first-order valence-corrected chi connectivity index (χ1v) is 3.01. The van der Waals surface area contributed by atoms with E-state index in [4.69, 9.17) is 5.11 Å². The molecule has 5 heteroatoms. The number of hydrogen-bond acceptors (Lipinski definition) is 5. The minimum Gasteiger partial charge on any atom is -0.550 e. The second-order valence-corrected chi connectivity index (χ2v) is 2.01. The molecule has 64 valence electrons. The summed E-state index contributed by atoms with van der Waals surface area (Å²) in [6.07, 6.45) is -2.08. The second kappa shape index (κ2) is 4.68. The molecule has 1 N–H and O–H groups in total. The van der Waals surface area contributed by atoms with Gasteiger partial charge in [0.25, 0.3) is 0 Å². The number of rotatable bonds is 4. The first-order valence-electron chi connectivity index (χ1n) is 3.01. The molecule has 0 heterocycles. The van der Waals surface area contributed by atoms with Gasteiger partial charge in [0.15, 0.2) is 0 Å². The largest absolute Gasteiger partial charge is 0.550 e. The standard InChI is InChI=1S/C6H10O5/c1-11-6(10)3-4(7)2-5(8)9/h4,7H,2-3H2,1H3,(H,8,9)/p-1/t4-/m1/s1. The van der Waals surface area contributed by atoms with E-state index in [0.29, 0.717) is 0 Å². The van der Waals surface area contributed by atoms with Crippen molar-refractivity contribution in [1.29, 1.82) is 0 Å². The van der Waals surface area contributed by atoms with Crippen LogP contribution in [0, 0.1) is 0 Å². The Morgan fingerprint density at radius 1 is 1.55 bits per heavy atom. The van der Waals surface area contributed by atoms with Crippen LogP contribution in [0.15, 0.2) is 0 Å². The fourth-order valence-corrected chi connectivity index (χ4v) is 0.540. The molecule has 11 heavy (non-hydrogen) atoms. The molecule has 0 aromatic rings. The Balaban J connectivity index is 3.60. The molecule has 1 atom stereocenters. The summed E-state index contributed by atoms with van der Waals surface area (Å²) in [6, 6.07) is 0. The zero-order chi connectivity index (χ0) is 8.85. The van der Waals surface area contributed by atoms with Gasteiger partial charge in [-0.25, -0.2) is 0 Å². The van der Waals surface area contributed by atoms with Crippen LogP contribution in [0.25, 0.3) is 0 Å². The van der Waals surface area contributed by atoms with E-state index in [1.807, 2.05) is 0 Å². The molecule has 0 fully saturated rings. The molecule has 5 nitrogen and oxygen atoms in total. The molecule has 0 aromatic heterocycles. The van der Waals surface area contributed by atoms with Crippen LogP contribution in [0.3, 0.4) is 0 Å². The van der Waals surface area contributed by atoms with E-state index in [1.54, 1.807) is 0 Å². The highest BCUT2D eigenvalue weighted by Crippen LogP contribution is 1.97. The lowest BCUT2D eigenvalue weighted by molar-refractivity contribution is -0.307. The summed E-state index contributed by atoms with van der Waals surface area (Å²) in [5.41, 5.74) is 0. The Bertz CT molecular complexity index is 153. The number of carbonyl (C=O) groups excluding carboxylic acids is 2. The summed E-state index contributed by atoms with van der Waals surface area (Å²) in [4.78, 5) is 20.3. The lowest BCUT2D eigenvalue weighted by Crippen LogP contribution is -2.28. The highest BCUT2D eigenvalue weighted by Gasteiger charge is 2.10. The van der Waals surface area contributed by atoms with Gasteiger partial charge in [-0.15, -0.1) is 0 Å². The molecule has 0 aliphatic rings. The Labute approximate surface area is 63.6 Å². The summed E-state index contributed by atoms with van der Waals surface area (Å²) >= 11 is 0. The van der Waals surface area contributed by atoms with E-state index in [0.717, 1.165) is 7.11 Å². The first-order chi connectivity index (χ1) is 5.06. The minimum absolute atomic E-state index is 0.315. The zero-order valence-corrected chi connectivity index (χ0v) is 6.07. The maximum atomic E-state index is 10.4. The van der Waals surface area contributed by atoms with E-state index < -0.39 is 24.5 Å². The molecule has 0 aromatic carbocycles. The first kappa shape index (κ1) is 9.90. The third kappa shape index (κ3) is 5.35. The fraction of sp³-hybridized carbons (Fsp3) is 0.667. The summed E-state index contributed by atoms with van der Waals surface area (Å²) in [5.74, 6) is -2.03. The van der Waals surface area contributed by atoms with Crippen molar-refractivity contribution in [3.63, 3.8) is 0 Å². The normalized spacial score (nSPS) is 12.2. The van der Waals surface area contributed by atoms with Gasteiger partial charge in [0.05, 0.1) is 19.6 Å². The van der Waals surface area contributed by atoms with Crippen LogP contribution in [-0.4, -0.2) is 30.3 Å². The molecule has 0 aliphatic heterocycles. The molecular weight excluding hydrogens is 152 g/mol. The summed E-state index contributed by atoms with van der Waals surface area (Å²) in [6.45, 7) is 0. The van der Waals surface area contributed by atoms with Crippen molar-refractivity contribution in [2.75, 3.05) is 7.11 Å². The minimum atomic E-state index is -1.39. The van der Waals surface area contributed by atoms with Crippen LogP contribution in [0.4, 0.5) is 0 Å². The Kier molecular flexibility index (Phi) is 4.21. The quantitative estimate of drug-likeness (QED) is 0.484. The third-order valence-corrected chi connectivity index (χ3v) is 1.03. The van der Waals surface area contributed by atoms with Gasteiger partial charge in [-0.05, 0) is 0 Å². The number of aliphatic hydroxyl groups is 1. The van der Waals surface area contributed by atoms with E-state index in [1.165, 1.54) is 0 Å². The van der Waals surface area contributed by atoms with Crippen molar-refractivity contribution in [2.24, 2.45) is 0 Å². The highest BCUT2D eigenvalue weighted by molar-refractivity contribution is 5.71. The van der Waals surface area contributed by atoms with Crippen LogP contribution >= 0.6 is 0 Å². The van der Waals surface area contributed by atoms with Gasteiger partial charge in [0.1, 0.15) is 0 Å². The fourth-order valence-electron chi connectivity index (χ4n) is 0.540. The van der Waals surface area contributed by atoms with E-state index >= 15 is 0 Å². The molecule has 0 aliphatic carbocycles. The predicted octanol–water partition coefficient (Wildman–Crippen LogP) is -1.95. The van der Waals surface area contributed by atoms with Crippen molar-refractivity contribution in [3.8, 4) is 0 Å². The lowest BCUT2D eigenvalue weighted by atomic mass is 10.2. The average molecular weight is 161 g/mol.